The van der Waals surface area contributed by atoms with Gasteiger partial charge in [-0.15, -0.1) is 0 Å². The number of nitrogens with zero attached hydrogens (tertiary/aromatic N) is 2. The quantitative estimate of drug-likeness (QED) is 0.356. The smallest absolute Gasteiger partial charge is 0.226 e. The lowest BCUT2D eigenvalue weighted by atomic mass is 9.73. The Morgan fingerprint density at radius 2 is 1.60 bits per heavy atom. The van der Waals surface area contributed by atoms with Crippen LogP contribution in [0.1, 0.15) is 55.7 Å². The zero-order valence-corrected chi connectivity index (χ0v) is 24.0. The van der Waals surface area contributed by atoms with Gasteiger partial charge in [0.1, 0.15) is 18.1 Å². The van der Waals surface area contributed by atoms with Crippen LogP contribution in [0.4, 0.5) is 0 Å². The number of amides is 1. The number of aryl methyl sites for hydroxylation is 1. The third-order valence-electron chi connectivity index (χ3n) is 8.62. The molecule has 1 fully saturated rings. The van der Waals surface area contributed by atoms with Crippen LogP contribution in [0.5, 0.6) is 11.5 Å². The first-order valence-corrected chi connectivity index (χ1v) is 15.1. The van der Waals surface area contributed by atoms with Gasteiger partial charge in [-0.3, -0.25) is 9.69 Å². The third kappa shape index (κ3) is 7.66. The van der Waals surface area contributed by atoms with Gasteiger partial charge in [0.2, 0.25) is 5.91 Å². The van der Waals surface area contributed by atoms with E-state index >= 15 is 0 Å². The molecule has 2 heterocycles. The maximum atomic E-state index is 13.2. The molecule has 0 saturated carbocycles. The molecule has 1 amide bonds. The second-order valence-corrected chi connectivity index (χ2v) is 11.5. The monoisotopic (exact) mass is 540 g/mol. The Hall–Kier alpha value is -3.31. The number of fused-ring (bicyclic) bond motifs is 1. The van der Waals surface area contributed by atoms with Crippen molar-refractivity contribution in [2.24, 2.45) is 5.41 Å². The number of hydrogen-bond donors (Lipinski definition) is 0. The Kier molecular flexibility index (Phi) is 9.77. The second kappa shape index (κ2) is 13.8. The summed E-state index contributed by atoms with van der Waals surface area (Å²) in [6, 6.07) is 27.3. The van der Waals surface area contributed by atoms with Crippen molar-refractivity contribution in [3.63, 3.8) is 0 Å². The molecule has 0 aliphatic carbocycles. The molecular weight excluding hydrogens is 496 g/mol. The fraction of sp³-hybridized carbons (Fsp3) is 0.457. The van der Waals surface area contributed by atoms with E-state index in [2.05, 4.69) is 64.4 Å². The largest absolute Gasteiger partial charge is 0.494 e. The summed E-state index contributed by atoms with van der Waals surface area (Å²) in [7, 11) is 0. The van der Waals surface area contributed by atoms with Crippen molar-refractivity contribution in [3.05, 3.63) is 95.6 Å². The van der Waals surface area contributed by atoms with Gasteiger partial charge in [0.25, 0.3) is 0 Å². The summed E-state index contributed by atoms with van der Waals surface area (Å²) in [5, 5.41) is 0. The van der Waals surface area contributed by atoms with Crippen LogP contribution in [0.15, 0.2) is 78.9 Å². The van der Waals surface area contributed by atoms with E-state index < -0.39 is 0 Å². The number of benzene rings is 3. The van der Waals surface area contributed by atoms with E-state index in [1.807, 2.05) is 31.2 Å². The average molecular weight is 541 g/mol. The number of hydrogen-bond acceptors (Lipinski definition) is 4. The van der Waals surface area contributed by atoms with Gasteiger partial charge in [0.15, 0.2) is 0 Å². The number of likely N-dealkylation sites (tertiary alicyclic amines) is 1. The molecule has 1 saturated heterocycles. The molecule has 5 nitrogen and oxygen atoms in total. The normalized spacial score (nSPS) is 18.2. The van der Waals surface area contributed by atoms with Crippen LogP contribution in [0, 0.1) is 5.41 Å². The van der Waals surface area contributed by atoms with Crippen LogP contribution >= 0.6 is 0 Å². The predicted molar refractivity (Wildman–Crippen MR) is 161 cm³/mol. The van der Waals surface area contributed by atoms with Crippen molar-refractivity contribution in [1.29, 1.82) is 0 Å². The fourth-order valence-electron chi connectivity index (χ4n) is 6.36. The standard InChI is InChI=1S/C35H44N2O3/c1-2-39-32-17-15-29(16-18-32)26-34(38)37-22-20-35(21-23-37)19-9-8-13-31-12-6-7-14-33(31)40-25-24-36(28-35)27-30-10-4-3-5-11-30/h3-7,10-12,14-18H,2,8-9,13,19-28H2,1H3. The summed E-state index contributed by atoms with van der Waals surface area (Å²) in [6.07, 6.45) is 7.22. The van der Waals surface area contributed by atoms with Crippen molar-refractivity contribution in [2.45, 2.75) is 58.4 Å². The number of ether oxygens (including phenoxy) is 2. The number of carbonyl (C=O) groups excluding carboxylic acids is 1. The van der Waals surface area contributed by atoms with E-state index in [1.165, 1.54) is 30.4 Å². The maximum absolute atomic E-state index is 13.2. The fourth-order valence-corrected chi connectivity index (χ4v) is 6.36. The van der Waals surface area contributed by atoms with Crippen molar-refractivity contribution >= 4 is 5.91 Å². The number of carbonyl (C=O) groups is 1. The molecule has 0 atom stereocenters. The SMILES string of the molecule is CCOc1ccc(CC(=O)N2CCC3(CCCCc4ccccc4OCCN(Cc4ccccc4)C3)CC2)cc1. The molecule has 3 aromatic rings. The second-order valence-electron chi connectivity index (χ2n) is 11.5. The first-order chi connectivity index (χ1) is 19.6. The molecule has 0 bridgehead atoms. The Bertz CT molecular complexity index is 1200. The topological polar surface area (TPSA) is 42.0 Å². The number of piperidine rings is 1. The lowest BCUT2D eigenvalue weighted by Crippen LogP contribution is -2.48. The van der Waals surface area contributed by atoms with E-state index in [-0.39, 0.29) is 11.3 Å². The Balaban J connectivity index is 1.26. The van der Waals surface area contributed by atoms with E-state index in [4.69, 9.17) is 9.47 Å². The van der Waals surface area contributed by atoms with Crippen molar-refractivity contribution in [1.82, 2.24) is 9.80 Å². The lowest BCUT2D eigenvalue weighted by molar-refractivity contribution is -0.133. The summed E-state index contributed by atoms with van der Waals surface area (Å²) in [5.74, 6) is 2.13. The molecule has 0 unspecified atom stereocenters. The van der Waals surface area contributed by atoms with E-state index in [0.717, 1.165) is 69.0 Å². The Morgan fingerprint density at radius 3 is 2.38 bits per heavy atom. The van der Waals surface area contributed by atoms with Gasteiger partial charge in [-0.05, 0) is 79.3 Å². The van der Waals surface area contributed by atoms with Gasteiger partial charge in [0, 0.05) is 32.7 Å². The number of rotatable bonds is 6. The highest BCUT2D eigenvalue weighted by molar-refractivity contribution is 5.79. The zero-order valence-electron chi connectivity index (χ0n) is 24.0. The van der Waals surface area contributed by atoms with Gasteiger partial charge in [-0.2, -0.15) is 0 Å². The summed E-state index contributed by atoms with van der Waals surface area (Å²) in [6.45, 7) is 7.87. The molecule has 0 radical (unpaired) electrons. The van der Waals surface area contributed by atoms with Crippen LogP contribution in [0.3, 0.4) is 0 Å². The molecule has 1 spiro atoms. The summed E-state index contributed by atoms with van der Waals surface area (Å²) >= 11 is 0. The molecule has 212 valence electrons. The van der Waals surface area contributed by atoms with E-state index in [0.29, 0.717) is 19.6 Å². The summed E-state index contributed by atoms with van der Waals surface area (Å²) in [4.78, 5) is 17.9. The molecule has 0 N–H and O–H groups in total. The first kappa shape index (κ1) is 28.2. The summed E-state index contributed by atoms with van der Waals surface area (Å²) in [5.41, 5.74) is 3.94. The zero-order chi connectivity index (χ0) is 27.6. The van der Waals surface area contributed by atoms with Gasteiger partial charge < -0.3 is 14.4 Å². The molecule has 0 aromatic heterocycles. The number of para-hydroxylation sites is 1. The van der Waals surface area contributed by atoms with Crippen molar-refractivity contribution in [3.8, 4) is 11.5 Å². The van der Waals surface area contributed by atoms with Crippen LogP contribution in [-0.4, -0.2) is 55.1 Å². The average Bonchev–Trinajstić information content (AvgIpc) is 2.97. The lowest BCUT2D eigenvalue weighted by Gasteiger charge is -2.45. The molecular formula is C35H44N2O3. The van der Waals surface area contributed by atoms with Crippen molar-refractivity contribution < 1.29 is 14.3 Å². The predicted octanol–water partition coefficient (Wildman–Crippen LogP) is 6.54. The Labute approximate surface area is 240 Å². The minimum atomic E-state index is 0.226. The molecule has 5 heteroatoms. The highest BCUT2D eigenvalue weighted by atomic mass is 16.5. The van der Waals surface area contributed by atoms with Crippen LogP contribution < -0.4 is 9.47 Å². The van der Waals surface area contributed by atoms with Crippen LogP contribution in [-0.2, 0) is 24.2 Å². The highest BCUT2D eigenvalue weighted by Crippen LogP contribution is 2.39. The van der Waals surface area contributed by atoms with Gasteiger partial charge in [-0.25, -0.2) is 0 Å². The molecule has 5 rings (SSSR count). The van der Waals surface area contributed by atoms with Gasteiger partial charge >= 0.3 is 0 Å². The van der Waals surface area contributed by atoms with Gasteiger partial charge in [-0.1, -0.05) is 67.1 Å². The van der Waals surface area contributed by atoms with Crippen molar-refractivity contribution in [2.75, 3.05) is 39.4 Å². The van der Waals surface area contributed by atoms with Crippen LogP contribution in [0.25, 0.3) is 0 Å². The van der Waals surface area contributed by atoms with Gasteiger partial charge in [0.05, 0.1) is 13.0 Å². The van der Waals surface area contributed by atoms with Crippen LogP contribution in [0.2, 0.25) is 0 Å². The third-order valence-corrected chi connectivity index (χ3v) is 8.62. The van der Waals surface area contributed by atoms with E-state index in [1.54, 1.807) is 0 Å². The highest BCUT2D eigenvalue weighted by Gasteiger charge is 2.37. The maximum Gasteiger partial charge on any atom is 0.226 e. The molecule has 40 heavy (non-hydrogen) atoms. The Morgan fingerprint density at radius 1 is 0.850 bits per heavy atom. The summed E-state index contributed by atoms with van der Waals surface area (Å²) < 4.78 is 11.9. The molecule has 2 aliphatic heterocycles. The minimum Gasteiger partial charge on any atom is -0.494 e. The first-order valence-electron chi connectivity index (χ1n) is 15.1. The molecule has 2 aliphatic rings. The minimum absolute atomic E-state index is 0.226. The molecule has 3 aromatic carbocycles. The van der Waals surface area contributed by atoms with E-state index in [9.17, 15) is 4.79 Å².